The average molecular weight is 367 g/mol. The smallest absolute Gasteiger partial charge is 0.276 e. The van der Waals surface area contributed by atoms with Gasteiger partial charge in [0, 0.05) is 5.02 Å². The summed E-state index contributed by atoms with van der Waals surface area (Å²) in [6.07, 6.45) is 3.48. The van der Waals surface area contributed by atoms with Gasteiger partial charge in [-0.15, -0.1) is 0 Å². The Morgan fingerprint density at radius 2 is 1.96 bits per heavy atom. The summed E-state index contributed by atoms with van der Waals surface area (Å²) in [7, 11) is -3.71. The molecule has 0 saturated heterocycles. The van der Waals surface area contributed by atoms with Crippen molar-refractivity contribution in [1.29, 1.82) is 0 Å². The second kappa shape index (κ2) is 8.70. The van der Waals surface area contributed by atoms with E-state index >= 15 is 0 Å². The lowest BCUT2D eigenvalue weighted by molar-refractivity contribution is 0.309. The fourth-order valence-electron chi connectivity index (χ4n) is 1.86. The third kappa shape index (κ3) is 5.54. The van der Waals surface area contributed by atoms with Gasteiger partial charge in [0.15, 0.2) is 0 Å². The number of nitrogens with one attached hydrogen (secondary N) is 1. The first kappa shape index (κ1) is 18.3. The Morgan fingerprint density at radius 1 is 1.21 bits per heavy atom. The molecule has 0 unspecified atom stereocenters. The van der Waals surface area contributed by atoms with Crippen molar-refractivity contribution in [2.75, 3.05) is 6.61 Å². The lowest BCUT2D eigenvalue weighted by Crippen LogP contribution is -2.18. The second-order valence-corrected chi connectivity index (χ2v) is 7.18. The third-order valence-electron chi connectivity index (χ3n) is 3.14. The van der Waals surface area contributed by atoms with E-state index in [1.165, 1.54) is 30.5 Å². The Balaban J connectivity index is 2.00. The van der Waals surface area contributed by atoms with Crippen LogP contribution < -0.4 is 9.57 Å². The molecule has 2 rings (SSSR count). The first-order valence-corrected chi connectivity index (χ1v) is 9.40. The van der Waals surface area contributed by atoms with E-state index in [1.807, 2.05) is 18.2 Å². The van der Waals surface area contributed by atoms with Crippen molar-refractivity contribution in [3.05, 3.63) is 59.1 Å². The molecule has 1 N–H and O–H groups in total. The minimum Gasteiger partial charge on any atom is -0.494 e. The van der Waals surface area contributed by atoms with E-state index in [-0.39, 0.29) is 4.90 Å². The van der Waals surface area contributed by atoms with Crippen LogP contribution in [0.5, 0.6) is 5.75 Å². The number of hydrogen-bond donors (Lipinski definition) is 1. The second-order valence-electron chi connectivity index (χ2n) is 5.08. The van der Waals surface area contributed by atoms with Crippen LogP contribution in [0.25, 0.3) is 0 Å². The molecule has 5 nitrogen and oxygen atoms in total. The van der Waals surface area contributed by atoms with Gasteiger partial charge in [-0.25, -0.2) is 4.83 Å². The molecule has 0 aromatic heterocycles. The predicted octanol–water partition coefficient (Wildman–Crippen LogP) is 3.83. The number of unbranched alkanes of at least 4 members (excludes halogenated alkanes) is 1. The molecular weight excluding hydrogens is 348 g/mol. The van der Waals surface area contributed by atoms with E-state index in [2.05, 4.69) is 16.9 Å². The fourth-order valence-corrected chi connectivity index (χ4v) is 2.77. The maximum Gasteiger partial charge on any atom is 0.276 e. The SMILES string of the molecule is CCCCOc1cccc(/C=N/NS(=O)(=O)c2ccc(Cl)cc2)c1. The molecule has 128 valence electrons. The van der Waals surface area contributed by atoms with E-state index < -0.39 is 10.0 Å². The zero-order valence-electron chi connectivity index (χ0n) is 13.3. The molecule has 0 amide bonds. The lowest BCUT2D eigenvalue weighted by Gasteiger charge is -2.06. The van der Waals surface area contributed by atoms with E-state index in [9.17, 15) is 8.42 Å². The zero-order chi connectivity index (χ0) is 17.4. The summed E-state index contributed by atoms with van der Waals surface area (Å²) in [5, 5.41) is 4.27. The number of hydrogen-bond acceptors (Lipinski definition) is 4. The van der Waals surface area contributed by atoms with Crippen LogP contribution in [0.3, 0.4) is 0 Å². The van der Waals surface area contributed by atoms with Gasteiger partial charge in [0.05, 0.1) is 17.7 Å². The van der Waals surface area contributed by atoms with Crippen LogP contribution in [-0.2, 0) is 10.0 Å². The molecule has 0 aliphatic carbocycles. The summed E-state index contributed by atoms with van der Waals surface area (Å²) in [4.78, 5) is 2.27. The van der Waals surface area contributed by atoms with Crippen LogP contribution in [0.1, 0.15) is 25.3 Å². The molecule has 0 atom stereocenters. The molecule has 0 aliphatic heterocycles. The van der Waals surface area contributed by atoms with Crippen molar-refractivity contribution in [3.8, 4) is 5.75 Å². The van der Waals surface area contributed by atoms with Crippen molar-refractivity contribution < 1.29 is 13.2 Å². The summed E-state index contributed by atoms with van der Waals surface area (Å²) in [5.41, 5.74) is 0.739. The van der Waals surface area contributed by atoms with Crippen LogP contribution in [0.2, 0.25) is 5.02 Å². The standard InChI is InChI=1S/C17H19ClN2O3S/c1-2-3-11-23-16-6-4-5-14(12-16)13-19-20-24(21,22)17-9-7-15(18)8-10-17/h4-10,12-13,20H,2-3,11H2,1H3/b19-13+. The number of nitrogens with zero attached hydrogens (tertiary/aromatic N) is 1. The van der Waals surface area contributed by atoms with Gasteiger partial charge in [-0.05, 0) is 48.4 Å². The summed E-state index contributed by atoms with van der Waals surface area (Å²) < 4.78 is 29.8. The number of hydrazone groups is 1. The quantitative estimate of drug-likeness (QED) is 0.438. The molecule has 0 spiro atoms. The Morgan fingerprint density at radius 3 is 2.67 bits per heavy atom. The van der Waals surface area contributed by atoms with Crippen molar-refractivity contribution in [2.45, 2.75) is 24.7 Å². The molecule has 0 heterocycles. The highest BCUT2D eigenvalue weighted by Crippen LogP contribution is 2.14. The lowest BCUT2D eigenvalue weighted by atomic mass is 10.2. The van der Waals surface area contributed by atoms with Gasteiger partial charge in [-0.3, -0.25) is 0 Å². The van der Waals surface area contributed by atoms with Crippen LogP contribution >= 0.6 is 11.6 Å². The molecule has 2 aromatic rings. The fraction of sp³-hybridized carbons (Fsp3) is 0.235. The largest absolute Gasteiger partial charge is 0.494 e. The van der Waals surface area contributed by atoms with Crippen molar-refractivity contribution in [3.63, 3.8) is 0 Å². The third-order valence-corrected chi connectivity index (χ3v) is 4.63. The maximum atomic E-state index is 12.1. The van der Waals surface area contributed by atoms with E-state index in [0.29, 0.717) is 11.6 Å². The zero-order valence-corrected chi connectivity index (χ0v) is 14.8. The Bertz CT molecular complexity index is 790. The maximum absolute atomic E-state index is 12.1. The molecule has 0 bridgehead atoms. The molecule has 0 saturated carbocycles. The van der Waals surface area contributed by atoms with Gasteiger partial charge in [-0.1, -0.05) is 37.1 Å². The Kier molecular flexibility index (Phi) is 6.63. The monoisotopic (exact) mass is 366 g/mol. The van der Waals surface area contributed by atoms with Crippen LogP contribution in [0.4, 0.5) is 0 Å². The van der Waals surface area contributed by atoms with Crippen molar-refractivity contribution in [2.24, 2.45) is 5.10 Å². The van der Waals surface area contributed by atoms with Gasteiger partial charge in [-0.2, -0.15) is 13.5 Å². The topological polar surface area (TPSA) is 67.8 Å². The highest BCUT2D eigenvalue weighted by molar-refractivity contribution is 7.89. The first-order chi connectivity index (χ1) is 11.5. The minimum atomic E-state index is -3.71. The number of rotatable bonds is 8. The van der Waals surface area contributed by atoms with Gasteiger partial charge < -0.3 is 4.74 Å². The van der Waals surface area contributed by atoms with Crippen LogP contribution in [-0.4, -0.2) is 21.2 Å². The van der Waals surface area contributed by atoms with Gasteiger partial charge in [0.25, 0.3) is 10.0 Å². The Labute approximate surface area is 147 Å². The Hall–Kier alpha value is -2.05. The summed E-state index contributed by atoms with van der Waals surface area (Å²) in [6.45, 7) is 2.75. The first-order valence-electron chi connectivity index (χ1n) is 7.54. The minimum absolute atomic E-state index is 0.0979. The van der Waals surface area contributed by atoms with E-state index in [0.717, 1.165) is 24.2 Å². The van der Waals surface area contributed by atoms with Crippen LogP contribution in [0, 0.1) is 0 Å². The number of halogens is 1. The molecule has 24 heavy (non-hydrogen) atoms. The molecule has 0 aliphatic rings. The highest BCUT2D eigenvalue weighted by atomic mass is 35.5. The van der Waals surface area contributed by atoms with Gasteiger partial charge in [0.1, 0.15) is 5.75 Å². The summed E-state index contributed by atoms with van der Waals surface area (Å²) in [6, 6.07) is 13.2. The van der Waals surface area contributed by atoms with Crippen molar-refractivity contribution in [1.82, 2.24) is 4.83 Å². The van der Waals surface area contributed by atoms with Gasteiger partial charge in [0.2, 0.25) is 0 Å². The molecule has 7 heteroatoms. The molecule has 0 radical (unpaired) electrons. The number of sulfonamides is 1. The predicted molar refractivity (Wildman–Crippen MR) is 96.2 cm³/mol. The van der Waals surface area contributed by atoms with E-state index in [1.54, 1.807) is 6.07 Å². The summed E-state index contributed by atoms with van der Waals surface area (Å²) >= 11 is 5.75. The normalized spacial score (nSPS) is 11.6. The van der Waals surface area contributed by atoms with Crippen molar-refractivity contribution >= 4 is 27.8 Å². The van der Waals surface area contributed by atoms with E-state index in [4.69, 9.17) is 16.3 Å². The molecule has 0 fully saturated rings. The highest BCUT2D eigenvalue weighted by Gasteiger charge is 2.11. The summed E-state index contributed by atoms with van der Waals surface area (Å²) in [5.74, 6) is 0.730. The number of ether oxygens (including phenoxy) is 1. The average Bonchev–Trinajstić information content (AvgIpc) is 2.56. The van der Waals surface area contributed by atoms with Gasteiger partial charge >= 0.3 is 0 Å². The molecular formula is C17H19ClN2O3S. The molecule has 2 aromatic carbocycles. The number of benzene rings is 2. The van der Waals surface area contributed by atoms with Crippen LogP contribution in [0.15, 0.2) is 58.5 Å².